The van der Waals surface area contributed by atoms with E-state index in [-0.39, 0.29) is 11.5 Å². The van der Waals surface area contributed by atoms with Gasteiger partial charge in [-0.3, -0.25) is 14.2 Å². The molecule has 0 fully saturated rings. The molecule has 1 atom stereocenters. The first-order valence-electron chi connectivity index (χ1n) is 9.24. The molecular formula is C22H19N3O3S2. The molecular weight excluding hydrogens is 418 g/mol. The molecule has 0 radical (unpaired) electrons. The molecule has 0 bridgehead atoms. The fraction of sp³-hybridized carbons (Fsp3) is 0.136. The van der Waals surface area contributed by atoms with Crippen LogP contribution in [0.2, 0.25) is 0 Å². The molecule has 0 saturated carbocycles. The molecule has 0 unspecified atom stereocenters. The van der Waals surface area contributed by atoms with Gasteiger partial charge in [-0.05, 0) is 42.6 Å². The minimum absolute atomic E-state index is 0.143. The molecule has 0 spiro atoms. The summed E-state index contributed by atoms with van der Waals surface area (Å²) in [5, 5.41) is 5.31. The van der Waals surface area contributed by atoms with Crippen LogP contribution in [0, 0.1) is 0 Å². The minimum atomic E-state index is -0.476. The number of thioether (sulfide) groups is 1. The van der Waals surface area contributed by atoms with Crippen molar-refractivity contribution in [2.45, 2.75) is 17.3 Å². The highest BCUT2D eigenvalue weighted by atomic mass is 32.2. The van der Waals surface area contributed by atoms with Crippen molar-refractivity contribution in [3.63, 3.8) is 0 Å². The Hall–Kier alpha value is -3.10. The Labute approximate surface area is 181 Å². The number of hydrogen-bond donors (Lipinski definition) is 1. The van der Waals surface area contributed by atoms with E-state index >= 15 is 0 Å². The van der Waals surface area contributed by atoms with Crippen molar-refractivity contribution in [1.29, 1.82) is 0 Å². The average molecular weight is 438 g/mol. The Balaban J connectivity index is 1.65. The maximum absolute atomic E-state index is 13.1. The molecule has 152 valence electrons. The highest BCUT2D eigenvalue weighted by Gasteiger charge is 2.21. The largest absolute Gasteiger partial charge is 0.497 e. The molecule has 0 aliphatic heterocycles. The monoisotopic (exact) mass is 437 g/mol. The van der Waals surface area contributed by atoms with Crippen LogP contribution in [0.15, 0.2) is 76.0 Å². The highest BCUT2D eigenvalue weighted by Crippen LogP contribution is 2.27. The number of amides is 1. The summed E-state index contributed by atoms with van der Waals surface area (Å²) in [7, 11) is 1.58. The van der Waals surface area contributed by atoms with Gasteiger partial charge >= 0.3 is 0 Å². The lowest BCUT2D eigenvalue weighted by atomic mass is 10.3. The lowest BCUT2D eigenvalue weighted by Gasteiger charge is -2.16. The zero-order valence-corrected chi connectivity index (χ0v) is 18.0. The summed E-state index contributed by atoms with van der Waals surface area (Å²) in [6, 6.07) is 18.3. The molecule has 4 aromatic rings. The second-order valence-corrected chi connectivity index (χ2v) is 8.69. The first-order chi connectivity index (χ1) is 14.6. The number of rotatable bonds is 6. The number of nitrogens with one attached hydrogen (secondary N) is 1. The van der Waals surface area contributed by atoms with Crippen molar-refractivity contribution < 1.29 is 9.53 Å². The molecule has 0 aliphatic rings. The number of fused-ring (bicyclic) bond motifs is 1. The summed E-state index contributed by atoms with van der Waals surface area (Å²) in [4.78, 5) is 31.2. The molecule has 0 aliphatic carbocycles. The summed E-state index contributed by atoms with van der Waals surface area (Å²) in [6.45, 7) is 1.79. The highest BCUT2D eigenvalue weighted by molar-refractivity contribution is 8.00. The van der Waals surface area contributed by atoms with Crippen molar-refractivity contribution in [2.75, 3.05) is 12.4 Å². The van der Waals surface area contributed by atoms with Gasteiger partial charge in [-0.2, -0.15) is 0 Å². The van der Waals surface area contributed by atoms with Crippen LogP contribution in [-0.2, 0) is 4.79 Å². The van der Waals surface area contributed by atoms with E-state index in [4.69, 9.17) is 4.74 Å². The summed E-state index contributed by atoms with van der Waals surface area (Å²) in [5.41, 5.74) is 1.22. The summed E-state index contributed by atoms with van der Waals surface area (Å²) in [5.74, 6) is 0.476. The molecule has 8 heteroatoms. The number of hydrogen-bond acceptors (Lipinski definition) is 6. The predicted molar refractivity (Wildman–Crippen MR) is 122 cm³/mol. The van der Waals surface area contributed by atoms with Crippen molar-refractivity contribution >= 4 is 44.9 Å². The Bertz CT molecular complexity index is 1250. The van der Waals surface area contributed by atoms with Crippen LogP contribution in [-0.4, -0.2) is 27.8 Å². The van der Waals surface area contributed by atoms with E-state index in [2.05, 4.69) is 10.3 Å². The normalized spacial score (nSPS) is 11.9. The topological polar surface area (TPSA) is 73.2 Å². The van der Waals surface area contributed by atoms with Crippen LogP contribution < -0.4 is 15.6 Å². The van der Waals surface area contributed by atoms with Crippen LogP contribution in [0.5, 0.6) is 5.75 Å². The standard InChI is InChI=1S/C22H19N3O3S2/c1-14(19(26)23-15-7-6-10-17(13-15)28-2)30-22-24-20-18(11-12-29-20)21(27)25(22)16-8-4-3-5-9-16/h3-14H,1-2H3,(H,23,26)/t14-/m0/s1. The number of methoxy groups -OCH3 is 1. The number of ether oxygens (including phenoxy) is 1. The van der Waals surface area contributed by atoms with Crippen molar-refractivity contribution in [3.05, 3.63) is 76.4 Å². The van der Waals surface area contributed by atoms with E-state index in [1.807, 2.05) is 47.8 Å². The van der Waals surface area contributed by atoms with Gasteiger partial charge in [0.25, 0.3) is 5.56 Å². The molecule has 2 aromatic heterocycles. The third kappa shape index (κ3) is 4.10. The number of nitrogens with zero attached hydrogens (tertiary/aromatic N) is 2. The van der Waals surface area contributed by atoms with Crippen LogP contribution in [0.1, 0.15) is 6.92 Å². The maximum atomic E-state index is 13.1. The fourth-order valence-corrected chi connectivity index (χ4v) is 4.67. The fourth-order valence-electron chi connectivity index (χ4n) is 2.93. The van der Waals surface area contributed by atoms with Gasteiger partial charge in [0.05, 0.1) is 23.4 Å². The zero-order chi connectivity index (χ0) is 21.1. The Kier molecular flexibility index (Phi) is 5.87. The van der Waals surface area contributed by atoms with E-state index in [0.29, 0.717) is 32.5 Å². The lowest BCUT2D eigenvalue weighted by molar-refractivity contribution is -0.115. The van der Waals surface area contributed by atoms with Gasteiger partial charge in [0.15, 0.2) is 5.16 Å². The Morgan fingerprint density at radius 2 is 1.97 bits per heavy atom. The van der Waals surface area contributed by atoms with Gasteiger partial charge in [0.2, 0.25) is 5.91 Å². The molecule has 1 N–H and O–H groups in total. The van der Waals surface area contributed by atoms with Crippen LogP contribution >= 0.6 is 23.1 Å². The number of para-hydroxylation sites is 1. The van der Waals surface area contributed by atoms with E-state index in [9.17, 15) is 9.59 Å². The number of carbonyl (C=O) groups is 1. The van der Waals surface area contributed by atoms with Crippen LogP contribution in [0.3, 0.4) is 0 Å². The van der Waals surface area contributed by atoms with Crippen molar-refractivity contribution in [1.82, 2.24) is 9.55 Å². The van der Waals surface area contributed by atoms with Crippen LogP contribution in [0.25, 0.3) is 15.9 Å². The zero-order valence-electron chi connectivity index (χ0n) is 16.4. The third-order valence-corrected chi connectivity index (χ3v) is 6.33. The van der Waals surface area contributed by atoms with Crippen LogP contribution in [0.4, 0.5) is 5.69 Å². The van der Waals surface area contributed by atoms with Gasteiger partial charge < -0.3 is 10.1 Å². The van der Waals surface area contributed by atoms with Gasteiger partial charge in [-0.25, -0.2) is 4.98 Å². The molecule has 0 saturated heterocycles. The molecule has 6 nitrogen and oxygen atoms in total. The molecule has 2 heterocycles. The van der Waals surface area contributed by atoms with Gasteiger partial charge in [-0.1, -0.05) is 36.0 Å². The molecule has 1 amide bonds. The molecule has 4 rings (SSSR count). The number of aromatic nitrogens is 2. The number of thiophene rings is 1. The smallest absolute Gasteiger partial charge is 0.267 e. The summed E-state index contributed by atoms with van der Waals surface area (Å²) in [6.07, 6.45) is 0. The summed E-state index contributed by atoms with van der Waals surface area (Å²) < 4.78 is 6.76. The number of carbonyl (C=O) groups excluding carboxylic acids is 1. The second kappa shape index (κ2) is 8.73. The lowest BCUT2D eigenvalue weighted by Crippen LogP contribution is -2.26. The van der Waals surface area contributed by atoms with E-state index < -0.39 is 5.25 Å². The number of benzene rings is 2. The summed E-state index contributed by atoms with van der Waals surface area (Å²) >= 11 is 2.66. The average Bonchev–Trinajstić information content (AvgIpc) is 3.23. The predicted octanol–water partition coefficient (Wildman–Crippen LogP) is 4.58. The van der Waals surface area contributed by atoms with E-state index in [1.54, 1.807) is 36.8 Å². The Morgan fingerprint density at radius 3 is 2.73 bits per heavy atom. The first kappa shape index (κ1) is 20.2. The van der Waals surface area contributed by atoms with Gasteiger partial charge in [-0.15, -0.1) is 11.3 Å². The Morgan fingerprint density at radius 1 is 1.17 bits per heavy atom. The van der Waals surface area contributed by atoms with E-state index in [1.165, 1.54) is 23.1 Å². The second-order valence-electron chi connectivity index (χ2n) is 6.49. The third-order valence-electron chi connectivity index (χ3n) is 4.47. The minimum Gasteiger partial charge on any atom is -0.497 e. The molecule has 2 aromatic carbocycles. The van der Waals surface area contributed by atoms with Crippen molar-refractivity contribution in [2.24, 2.45) is 0 Å². The first-order valence-corrected chi connectivity index (χ1v) is 11.0. The van der Waals surface area contributed by atoms with E-state index in [0.717, 1.165) is 0 Å². The number of anilines is 1. The van der Waals surface area contributed by atoms with Gasteiger partial charge in [0.1, 0.15) is 10.6 Å². The van der Waals surface area contributed by atoms with Gasteiger partial charge in [0, 0.05) is 11.8 Å². The molecule has 30 heavy (non-hydrogen) atoms. The van der Waals surface area contributed by atoms with Crippen molar-refractivity contribution in [3.8, 4) is 11.4 Å². The quantitative estimate of drug-likeness (QED) is 0.353. The SMILES string of the molecule is COc1cccc(NC(=O)[C@H](C)Sc2nc3sccc3c(=O)n2-c2ccccc2)c1. The maximum Gasteiger partial charge on any atom is 0.267 e.